The molecular weight excluding hydrogens is 423 g/mol. The summed E-state index contributed by atoms with van der Waals surface area (Å²) >= 11 is 16.9. The number of anilines is 1. The van der Waals surface area contributed by atoms with Crippen LogP contribution in [0.3, 0.4) is 0 Å². The molecular formula is C19H19Cl3N4O2. The second kappa shape index (κ2) is 7.78. The first-order valence-electron chi connectivity index (χ1n) is 8.49. The number of pyridine rings is 1. The predicted molar refractivity (Wildman–Crippen MR) is 113 cm³/mol. The van der Waals surface area contributed by atoms with Crippen molar-refractivity contribution in [1.82, 2.24) is 14.8 Å². The van der Waals surface area contributed by atoms with Crippen molar-refractivity contribution >= 4 is 57.6 Å². The van der Waals surface area contributed by atoms with Gasteiger partial charge in [-0.2, -0.15) is 5.10 Å². The number of hydrogen-bond acceptors (Lipinski definition) is 4. The van der Waals surface area contributed by atoms with Crippen molar-refractivity contribution in [3.63, 3.8) is 0 Å². The fraction of sp³-hybridized carbons (Fsp3) is 0.316. The van der Waals surface area contributed by atoms with Gasteiger partial charge >= 0.3 is 6.09 Å². The second-order valence-corrected chi connectivity index (χ2v) is 9.79. The third-order valence-electron chi connectivity index (χ3n) is 3.91. The molecule has 9 heteroatoms. The zero-order chi connectivity index (χ0) is 20.5. The fourth-order valence-corrected chi connectivity index (χ4v) is 2.68. The minimum absolute atomic E-state index is 0.221. The minimum Gasteiger partial charge on any atom is -0.445 e. The van der Waals surface area contributed by atoms with Crippen LogP contribution in [0.5, 0.6) is 0 Å². The monoisotopic (exact) mass is 440 g/mol. The number of ether oxygens (including phenoxy) is 1. The number of amides is 1. The molecule has 0 aliphatic rings. The summed E-state index contributed by atoms with van der Waals surface area (Å²) in [7, 11) is 0. The van der Waals surface area contributed by atoms with E-state index in [1.54, 1.807) is 16.9 Å². The van der Waals surface area contributed by atoms with Gasteiger partial charge in [0.1, 0.15) is 12.4 Å². The fourth-order valence-electron chi connectivity index (χ4n) is 2.52. The third-order valence-corrected chi connectivity index (χ3v) is 4.23. The molecule has 28 heavy (non-hydrogen) atoms. The van der Waals surface area contributed by atoms with Gasteiger partial charge in [-0.25, -0.2) is 9.48 Å². The highest BCUT2D eigenvalue weighted by atomic mass is 35.6. The topological polar surface area (TPSA) is 69.0 Å². The Morgan fingerprint density at radius 1 is 1.18 bits per heavy atom. The molecule has 0 fully saturated rings. The molecule has 148 valence electrons. The molecule has 3 rings (SSSR count). The van der Waals surface area contributed by atoms with Crippen LogP contribution in [-0.4, -0.2) is 31.3 Å². The highest BCUT2D eigenvalue weighted by Gasteiger charge is 2.24. The van der Waals surface area contributed by atoms with E-state index in [4.69, 9.17) is 39.5 Å². The normalized spacial score (nSPS) is 12.2. The first-order valence-corrected chi connectivity index (χ1v) is 9.62. The molecule has 1 amide bonds. The van der Waals surface area contributed by atoms with Crippen molar-refractivity contribution in [2.24, 2.45) is 0 Å². The minimum atomic E-state index is -1.68. The van der Waals surface area contributed by atoms with E-state index in [1.807, 2.05) is 51.1 Å². The van der Waals surface area contributed by atoms with E-state index in [-0.39, 0.29) is 12.0 Å². The van der Waals surface area contributed by atoms with Gasteiger partial charge in [-0.1, -0.05) is 61.6 Å². The van der Waals surface area contributed by atoms with Crippen LogP contribution >= 0.6 is 34.8 Å². The van der Waals surface area contributed by atoms with Gasteiger partial charge in [0.25, 0.3) is 0 Å². The Kier molecular flexibility index (Phi) is 5.75. The Labute approximate surface area is 177 Å². The highest BCUT2D eigenvalue weighted by molar-refractivity contribution is 6.67. The first kappa shape index (κ1) is 20.7. The van der Waals surface area contributed by atoms with Crippen LogP contribution in [0.4, 0.5) is 10.6 Å². The Morgan fingerprint density at radius 2 is 1.93 bits per heavy atom. The molecule has 0 atom stereocenters. The predicted octanol–water partition coefficient (Wildman–Crippen LogP) is 5.64. The summed E-state index contributed by atoms with van der Waals surface area (Å²) in [4.78, 5) is 16.5. The largest absolute Gasteiger partial charge is 0.445 e. The average molecular weight is 442 g/mol. The van der Waals surface area contributed by atoms with E-state index in [2.05, 4.69) is 15.4 Å². The maximum absolute atomic E-state index is 12.2. The summed E-state index contributed by atoms with van der Waals surface area (Å²) in [6.45, 7) is 5.74. The summed E-state index contributed by atoms with van der Waals surface area (Å²) in [5, 5.41) is 8.29. The molecule has 0 saturated carbocycles. The van der Waals surface area contributed by atoms with Gasteiger partial charge in [-0.3, -0.25) is 10.3 Å². The van der Waals surface area contributed by atoms with Crippen molar-refractivity contribution in [3.8, 4) is 5.69 Å². The molecule has 1 N–H and O–H groups in total. The lowest BCUT2D eigenvalue weighted by atomic mass is 9.92. The number of aromatic nitrogens is 3. The molecule has 0 aliphatic heterocycles. The van der Waals surface area contributed by atoms with Gasteiger partial charge in [0, 0.05) is 23.1 Å². The summed E-state index contributed by atoms with van der Waals surface area (Å²) in [6, 6.07) is 11.3. The van der Waals surface area contributed by atoms with Gasteiger partial charge in [0.05, 0.1) is 16.9 Å². The Bertz CT molecular complexity index is 1010. The van der Waals surface area contributed by atoms with Gasteiger partial charge in [0.2, 0.25) is 3.79 Å². The van der Waals surface area contributed by atoms with Crippen LogP contribution in [-0.2, 0) is 10.2 Å². The number of nitrogens with one attached hydrogen (secondary N) is 1. The van der Waals surface area contributed by atoms with Crippen LogP contribution in [0, 0.1) is 0 Å². The van der Waals surface area contributed by atoms with Gasteiger partial charge in [-0.05, 0) is 24.3 Å². The number of carbonyl (C=O) groups excluding carboxylic acids is 1. The number of hydrogen-bond donors (Lipinski definition) is 1. The summed E-state index contributed by atoms with van der Waals surface area (Å²) < 4.78 is 4.93. The van der Waals surface area contributed by atoms with Crippen LogP contribution in [0.2, 0.25) is 0 Å². The van der Waals surface area contributed by atoms with Crippen molar-refractivity contribution in [2.75, 3.05) is 11.9 Å². The molecule has 0 spiro atoms. The van der Waals surface area contributed by atoms with Crippen LogP contribution in [0.15, 0.2) is 42.6 Å². The summed E-state index contributed by atoms with van der Waals surface area (Å²) in [5.74, 6) is 0.447. The maximum Gasteiger partial charge on any atom is 0.412 e. The van der Waals surface area contributed by atoms with Crippen LogP contribution in [0.1, 0.15) is 26.5 Å². The second-order valence-electron chi connectivity index (χ2n) is 7.27. The number of halogens is 3. The van der Waals surface area contributed by atoms with E-state index < -0.39 is 9.89 Å². The molecule has 1 aromatic carbocycles. The standard InChI is InChI=1S/C19H19Cl3N4O2/c1-18(2,3)15-10-16(24-17(27)28-11-19(20,21)22)26(25-15)13-6-7-14-12(9-13)5-4-8-23-14/h4-10H,11H2,1-3H3,(H,24,27). The smallest absolute Gasteiger partial charge is 0.412 e. The van der Waals surface area contributed by atoms with Crippen molar-refractivity contribution < 1.29 is 9.53 Å². The lowest BCUT2D eigenvalue weighted by molar-refractivity contribution is 0.163. The van der Waals surface area contributed by atoms with Gasteiger partial charge < -0.3 is 4.74 Å². The van der Waals surface area contributed by atoms with Crippen molar-refractivity contribution in [3.05, 3.63) is 48.3 Å². The molecule has 0 unspecified atom stereocenters. The number of nitrogens with zero attached hydrogens (tertiary/aromatic N) is 3. The maximum atomic E-state index is 12.2. The number of rotatable bonds is 3. The Hall–Kier alpha value is -2.02. The molecule has 2 heterocycles. The van der Waals surface area contributed by atoms with Crippen LogP contribution < -0.4 is 5.32 Å². The molecule has 0 radical (unpaired) electrons. The number of benzene rings is 1. The van der Waals surface area contributed by atoms with E-state index in [0.717, 1.165) is 22.3 Å². The quantitative estimate of drug-likeness (QED) is 0.534. The van der Waals surface area contributed by atoms with Gasteiger partial charge in [-0.15, -0.1) is 0 Å². The average Bonchev–Trinajstić information content (AvgIpc) is 3.03. The highest BCUT2D eigenvalue weighted by Crippen LogP contribution is 2.28. The molecule has 0 saturated heterocycles. The Balaban J connectivity index is 1.96. The van der Waals surface area contributed by atoms with Crippen LogP contribution in [0.25, 0.3) is 16.6 Å². The molecule has 0 aliphatic carbocycles. The van der Waals surface area contributed by atoms with E-state index in [9.17, 15) is 4.79 Å². The zero-order valence-corrected chi connectivity index (χ0v) is 17.8. The Morgan fingerprint density at radius 3 is 2.61 bits per heavy atom. The summed E-state index contributed by atoms with van der Waals surface area (Å²) in [6.07, 6.45) is 0.997. The lowest BCUT2D eigenvalue weighted by Crippen LogP contribution is -2.22. The number of fused-ring (bicyclic) bond motifs is 1. The first-order chi connectivity index (χ1) is 13.0. The lowest BCUT2D eigenvalue weighted by Gasteiger charge is -2.14. The molecule has 6 nitrogen and oxygen atoms in total. The molecule has 2 aromatic heterocycles. The number of alkyl halides is 3. The number of carbonyl (C=O) groups is 1. The molecule has 0 bridgehead atoms. The SMILES string of the molecule is CC(C)(C)c1cc(NC(=O)OCC(Cl)(Cl)Cl)n(-c2ccc3ncccc3c2)n1. The van der Waals surface area contributed by atoms with E-state index in [1.165, 1.54) is 0 Å². The molecule has 3 aromatic rings. The zero-order valence-electron chi connectivity index (χ0n) is 15.5. The third kappa shape index (κ3) is 5.07. The van der Waals surface area contributed by atoms with Crippen molar-refractivity contribution in [2.45, 2.75) is 30.0 Å². The van der Waals surface area contributed by atoms with Crippen molar-refractivity contribution in [1.29, 1.82) is 0 Å². The van der Waals surface area contributed by atoms with Gasteiger partial charge in [0.15, 0.2) is 0 Å². The summed E-state index contributed by atoms with van der Waals surface area (Å²) in [5.41, 5.74) is 2.22. The van der Waals surface area contributed by atoms with E-state index >= 15 is 0 Å². The van der Waals surface area contributed by atoms with E-state index in [0.29, 0.717) is 5.82 Å².